The van der Waals surface area contributed by atoms with E-state index in [0.29, 0.717) is 4.47 Å². The van der Waals surface area contributed by atoms with Crippen LogP contribution in [0.15, 0.2) is 40.9 Å². The highest BCUT2D eigenvalue weighted by atomic mass is 79.9. The highest BCUT2D eigenvalue weighted by molar-refractivity contribution is 9.10. The Hall–Kier alpha value is -2.41. The summed E-state index contributed by atoms with van der Waals surface area (Å²) in [6.45, 7) is 0. The lowest BCUT2D eigenvalue weighted by molar-refractivity contribution is 0.0698. The smallest absolute Gasteiger partial charge is 0.337 e. The van der Waals surface area contributed by atoms with E-state index in [4.69, 9.17) is 5.11 Å². The maximum absolute atomic E-state index is 13.1. The molecule has 5 nitrogen and oxygen atoms in total. The van der Waals surface area contributed by atoms with Crippen molar-refractivity contribution in [2.45, 2.75) is 0 Å². The Morgan fingerprint density at radius 2 is 1.81 bits per heavy atom. The molecule has 3 N–H and O–H groups in total. The Morgan fingerprint density at radius 1 is 1.10 bits per heavy atom. The summed E-state index contributed by atoms with van der Waals surface area (Å²) in [4.78, 5) is 23.1. The van der Waals surface area contributed by atoms with Gasteiger partial charge in [0, 0.05) is 4.47 Å². The van der Waals surface area contributed by atoms with Crippen LogP contribution >= 0.6 is 15.9 Å². The quantitative estimate of drug-likeness (QED) is 0.790. The maximum Gasteiger partial charge on any atom is 0.337 e. The van der Waals surface area contributed by atoms with E-state index in [-0.39, 0.29) is 16.8 Å². The van der Waals surface area contributed by atoms with Gasteiger partial charge in [-0.25, -0.2) is 9.18 Å². The van der Waals surface area contributed by atoms with Gasteiger partial charge < -0.3 is 15.5 Å². The van der Waals surface area contributed by atoms with Crippen molar-refractivity contribution < 1.29 is 24.2 Å². The molecular formula is C14H9BrFNO4. The topological polar surface area (TPSA) is 86.6 Å². The Morgan fingerprint density at radius 3 is 2.48 bits per heavy atom. The first-order chi connectivity index (χ1) is 9.88. The Bertz CT molecular complexity index is 733. The van der Waals surface area contributed by atoms with Gasteiger partial charge in [0.25, 0.3) is 5.91 Å². The monoisotopic (exact) mass is 353 g/mol. The average Bonchev–Trinajstić information content (AvgIpc) is 2.43. The summed E-state index contributed by atoms with van der Waals surface area (Å²) >= 11 is 3.13. The number of halogens is 2. The summed E-state index contributed by atoms with van der Waals surface area (Å²) in [5.41, 5.74) is -0.373. The summed E-state index contributed by atoms with van der Waals surface area (Å²) in [5.74, 6) is -3.12. The largest absolute Gasteiger partial charge is 0.507 e. The maximum atomic E-state index is 13.1. The van der Waals surface area contributed by atoms with Gasteiger partial charge in [-0.3, -0.25) is 4.79 Å². The molecule has 1 amide bonds. The predicted molar refractivity (Wildman–Crippen MR) is 77.1 cm³/mol. The van der Waals surface area contributed by atoms with Crippen molar-refractivity contribution in [3.8, 4) is 5.75 Å². The van der Waals surface area contributed by atoms with Crippen LogP contribution in [0.3, 0.4) is 0 Å². The molecule has 0 fully saturated rings. The van der Waals surface area contributed by atoms with Crippen LogP contribution in [0.2, 0.25) is 0 Å². The van der Waals surface area contributed by atoms with E-state index in [1.165, 1.54) is 12.1 Å². The first-order valence-corrected chi connectivity index (χ1v) is 6.50. The molecule has 2 aromatic carbocycles. The van der Waals surface area contributed by atoms with Crippen LogP contribution in [0, 0.1) is 5.82 Å². The number of rotatable bonds is 3. The van der Waals surface area contributed by atoms with Crippen molar-refractivity contribution in [3.05, 3.63) is 57.8 Å². The molecule has 2 aromatic rings. The van der Waals surface area contributed by atoms with Crippen molar-refractivity contribution in [2.24, 2.45) is 0 Å². The second kappa shape index (κ2) is 5.92. The number of amides is 1. The van der Waals surface area contributed by atoms with Gasteiger partial charge in [-0.15, -0.1) is 0 Å². The molecule has 0 radical (unpaired) electrons. The minimum Gasteiger partial charge on any atom is -0.507 e. The highest BCUT2D eigenvalue weighted by Gasteiger charge is 2.16. The summed E-state index contributed by atoms with van der Waals surface area (Å²) in [5, 5.41) is 21.0. The number of carbonyl (C=O) groups is 2. The molecule has 0 atom stereocenters. The van der Waals surface area contributed by atoms with E-state index in [0.717, 1.165) is 18.2 Å². The highest BCUT2D eigenvalue weighted by Crippen LogP contribution is 2.24. The van der Waals surface area contributed by atoms with Gasteiger partial charge in [-0.05, 0) is 36.4 Å². The van der Waals surface area contributed by atoms with Gasteiger partial charge in [0.05, 0.1) is 16.8 Å². The van der Waals surface area contributed by atoms with Crippen molar-refractivity contribution in [2.75, 3.05) is 5.32 Å². The van der Waals surface area contributed by atoms with Crippen molar-refractivity contribution in [1.82, 2.24) is 0 Å². The normalized spacial score (nSPS) is 10.2. The Kier molecular flexibility index (Phi) is 4.23. The fourth-order valence-corrected chi connectivity index (χ4v) is 2.04. The van der Waals surface area contributed by atoms with Crippen molar-refractivity contribution in [3.63, 3.8) is 0 Å². The third-order valence-corrected chi connectivity index (χ3v) is 3.16. The SMILES string of the molecule is O=C(Nc1ccc(Br)cc1C(=O)O)c1cc(F)ccc1O. The molecule has 21 heavy (non-hydrogen) atoms. The number of phenolic OH excluding ortho intramolecular Hbond substituents is 1. The molecule has 0 saturated carbocycles. The first kappa shape index (κ1) is 15.0. The number of carboxylic acid groups (broad SMARTS) is 1. The molecule has 0 spiro atoms. The zero-order valence-corrected chi connectivity index (χ0v) is 12.0. The molecule has 7 heteroatoms. The van der Waals surface area contributed by atoms with Crippen LogP contribution in [0.5, 0.6) is 5.75 Å². The van der Waals surface area contributed by atoms with Gasteiger partial charge in [0.1, 0.15) is 11.6 Å². The number of nitrogens with one attached hydrogen (secondary N) is 1. The first-order valence-electron chi connectivity index (χ1n) is 5.71. The minimum atomic E-state index is -1.23. The van der Waals surface area contributed by atoms with Crippen molar-refractivity contribution >= 4 is 33.5 Å². The molecule has 0 unspecified atom stereocenters. The molecule has 0 bridgehead atoms. The Balaban J connectivity index is 2.36. The average molecular weight is 354 g/mol. The van der Waals surface area contributed by atoms with Gasteiger partial charge in [-0.2, -0.15) is 0 Å². The fourth-order valence-electron chi connectivity index (χ4n) is 1.68. The number of aromatic carboxylic acids is 1. The second-order valence-electron chi connectivity index (χ2n) is 4.11. The summed E-state index contributed by atoms with van der Waals surface area (Å²) in [6.07, 6.45) is 0. The standard InChI is InChI=1S/C14H9BrFNO4/c15-7-1-3-11(9(5-7)14(20)21)17-13(19)10-6-8(16)2-4-12(10)18/h1-6,18H,(H,17,19)(H,20,21). The molecule has 0 aromatic heterocycles. The number of anilines is 1. The number of carbonyl (C=O) groups excluding carboxylic acids is 1. The molecule has 0 aliphatic rings. The zero-order valence-electron chi connectivity index (χ0n) is 10.4. The number of hydrogen-bond acceptors (Lipinski definition) is 3. The zero-order chi connectivity index (χ0) is 15.6. The van der Waals surface area contributed by atoms with Crippen LogP contribution in [0.4, 0.5) is 10.1 Å². The molecule has 0 saturated heterocycles. The van der Waals surface area contributed by atoms with E-state index < -0.39 is 23.4 Å². The van der Waals surface area contributed by atoms with Gasteiger partial charge in [0.2, 0.25) is 0 Å². The van der Waals surface area contributed by atoms with E-state index in [1.54, 1.807) is 6.07 Å². The molecule has 0 aliphatic heterocycles. The molecule has 0 aliphatic carbocycles. The summed E-state index contributed by atoms with van der Waals surface area (Å²) in [7, 11) is 0. The third kappa shape index (κ3) is 3.38. The van der Waals surface area contributed by atoms with Crippen LogP contribution in [-0.4, -0.2) is 22.1 Å². The van der Waals surface area contributed by atoms with Crippen molar-refractivity contribution in [1.29, 1.82) is 0 Å². The van der Waals surface area contributed by atoms with E-state index in [1.807, 2.05) is 0 Å². The number of aromatic hydroxyl groups is 1. The van der Waals surface area contributed by atoms with Crippen LogP contribution < -0.4 is 5.32 Å². The Labute approximate surface area is 127 Å². The molecular weight excluding hydrogens is 345 g/mol. The fraction of sp³-hybridized carbons (Fsp3) is 0. The van der Waals surface area contributed by atoms with E-state index >= 15 is 0 Å². The molecule has 108 valence electrons. The van der Waals surface area contributed by atoms with Crippen LogP contribution in [-0.2, 0) is 0 Å². The van der Waals surface area contributed by atoms with Gasteiger partial charge in [0.15, 0.2) is 0 Å². The van der Waals surface area contributed by atoms with E-state index in [9.17, 15) is 19.1 Å². The van der Waals surface area contributed by atoms with Gasteiger partial charge in [-0.1, -0.05) is 15.9 Å². The number of benzene rings is 2. The minimum absolute atomic E-state index is 0.0411. The predicted octanol–water partition coefficient (Wildman–Crippen LogP) is 3.24. The second-order valence-corrected chi connectivity index (χ2v) is 5.03. The number of carboxylic acids is 1. The number of phenols is 1. The third-order valence-electron chi connectivity index (χ3n) is 2.66. The van der Waals surface area contributed by atoms with E-state index in [2.05, 4.69) is 21.2 Å². The lowest BCUT2D eigenvalue weighted by Crippen LogP contribution is -2.15. The van der Waals surface area contributed by atoms with Gasteiger partial charge >= 0.3 is 5.97 Å². The lowest BCUT2D eigenvalue weighted by atomic mass is 10.1. The van der Waals surface area contributed by atoms with Crippen LogP contribution in [0.25, 0.3) is 0 Å². The molecule has 2 rings (SSSR count). The summed E-state index contributed by atoms with van der Waals surface area (Å²) in [6, 6.07) is 7.18. The lowest BCUT2D eigenvalue weighted by Gasteiger charge is -2.10. The van der Waals surface area contributed by atoms with Crippen LogP contribution in [0.1, 0.15) is 20.7 Å². The molecule has 0 heterocycles. The number of hydrogen-bond donors (Lipinski definition) is 3. The summed E-state index contributed by atoms with van der Waals surface area (Å²) < 4.78 is 13.6.